The zero-order valence-corrected chi connectivity index (χ0v) is 26.9. The Bertz CT molecular complexity index is 356. The third-order valence-electron chi connectivity index (χ3n) is 6.35. The summed E-state index contributed by atoms with van der Waals surface area (Å²) in [5.74, 6) is 0. The smallest absolute Gasteiger partial charge is 0.343 e. The molecule has 0 aliphatic rings. The maximum Gasteiger partial charge on any atom is 0.466 e. The molecule has 0 fully saturated rings. The van der Waals surface area contributed by atoms with E-state index in [1.807, 2.05) is 0 Å². The second-order valence-electron chi connectivity index (χ2n) is 9.85. The van der Waals surface area contributed by atoms with Crippen LogP contribution in [-0.4, -0.2) is 14.7 Å². The molecule has 0 aromatic rings. The van der Waals surface area contributed by atoms with E-state index < -0.39 is 7.82 Å². The molecule has 0 aromatic carbocycles. The first-order valence-electron chi connectivity index (χ1n) is 14.5. The van der Waals surface area contributed by atoms with Crippen LogP contribution in [0.2, 0.25) is 0 Å². The van der Waals surface area contributed by atoms with E-state index >= 15 is 0 Å². The summed E-state index contributed by atoms with van der Waals surface area (Å²) in [7, 11) is -4.64. The third kappa shape index (κ3) is 50.4. The second-order valence-corrected chi connectivity index (χ2v) is 10.9. The van der Waals surface area contributed by atoms with Gasteiger partial charge in [-0.15, -0.1) is 0 Å². The summed E-state index contributed by atoms with van der Waals surface area (Å²) in [6.07, 6.45) is 37.8. The van der Waals surface area contributed by atoms with E-state index in [2.05, 4.69) is 13.8 Å². The van der Waals surface area contributed by atoms with Crippen LogP contribution in [-0.2, 0) is 4.57 Å². The van der Waals surface area contributed by atoms with Gasteiger partial charge in [-0.2, -0.15) is 6.42 Å². The van der Waals surface area contributed by atoms with E-state index in [1.54, 1.807) is 0 Å². The van der Waals surface area contributed by atoms with Crippen molar-refractivity contribution in [2.75, 3.05) is 0 Å². The maximum absolute atomic E-state index is 8.88. The number of hydrogen-bond donors (Lipinski definition) is 3. The van der Waals surface area contributed by atoms with Crippen LogP contribution in [0, 0.1) is 47.8 Å². The molecule has 4 nitrogen and oxygen atoms in total. The van der Waals surface area contributed by atoms with Crippen molar-refractivity contribution in [2.24, 2.45) is 0 Å². The summed E-state index contributed by atoms with van der Waals surface area (Å²) < 4.78 is 8.88. The van der Waals surface area contributed by atoms with Gasteiger partial charge in [0.2, 0.25) is 0 Å². The quantitative estimate of drug-likeness (QED) is 0.0530. The fraction of sp³-hybridized carbons (Fsp3) is 0.964. The molecule has 0 heterocycles. The van der Waals surface area contributed by atoms with Gasteiger partial charge in [0, 0.05) is 40.8 Å². The van der Waals surface area contributed by atoms with Gasteiger partial charge in [0.15, 0.2) is 0 Å². The zero-order chi connectivity index (χ0) is 24.9. The Morgan fingerprint density at radius 3 is 0.735 bits per heavy atom. The fourth-order valence-electron chi connectivity index (χ4n) is 4.32. The third-order valence-corrected chi connectivity index (χ3v) is 6.35. The van der Waals surface area contributed by atoms with E-state index in [0.717, 1.165) is 6.42 Å². The van der Waals surface area contributed by atoms with Crippen LogP contribution in [0.4, 0.5) is 0 Å². The first-order valence-corrected chi connectivity index (χ1v) is 16.1. The van der Waals surface area contributed by atoms with Gasteiger partial charge in [0.05, 0.1) is 0 Å². The minimum atomic E-state index is -4.64. The predicted octanol–water partition coefficient (Wildman–Crippen LogP) is 10.1. The molecule has 3 N–H and O–H groups in total. The van der Waals surface area contributed by atoms with Crippen molar-refractivity contribution in [1.82, 2.24) is 0 Å². The SMILES string of the molecule is O=P(O)(O)O.[CH2-]CCCCCCCCCCCCCCCCCCCCCCCCCCC.[Nd]. The van der Waals surface area contributed by atoms with Crippen LogP contribution >= 0.6 is 7.82 Å². The first kappa shape index (κ1) is 40.0. The molecule has 0 aliphatic carbocycles. The summed E-state index contributed by atoms with van der Waals surface area (Å²) in [5, 5.41) is 0. The molecule has 0 bridgehead atoms. The Morgan fingerprint density at radius 2 is 0.588 bits per heavy atom. The van der Waals surface area contributed by atoms with Gasteiger partial charge in [-0.3, -0.25) is 0 Å². The Labute approximate surface area is 247 Å². The van der Waals surface area contributed by atoms with Gasteiger partial charge < -0.3 is 21.6 Å². The molecule has 0 amide bonds. The number of rotatable bonds is 25. The summed E-state index contributed by atoms with van der Waals surface area (Å²) in [5.41, 5.74) is 0. The van der Waals surface area contributed by atoms with Crippen molar-refractivity contribution in [2.45, 2.75) is 174 Å². The Hall–Kier alpha value is 1.46. The van der Waals surface area contributed by atoms with Crippen LogP contribution in [0.5, 0.6) is 0 Å². The van der Waals surface area contributed by atoms with Crippen molar-refractivity contribution in [3.8, 4) is 0 Å². The zero-order valence-electron chi connectivity index (χ0n) is 22.8. The van der Waals surface area contributed by atoms with E-state index in [0.29, 0.717) is 0 Å². The van der Waals surface area contributed by atoms with Gasteiger partial charge >= 0.3 is 7.82 Å². The molecule has 0 aromatic heterocycles. The second kappa shape index (κ2) is 34.5. The van der Waals surface area contributed by atoms with Crippen molar-refractivity contribution >= 4 is 7.82 Å². The molecule has 0 saturated carbocycles. The van der Waals surface area contributed by atoms with E-state index in [-0.39, 0.29) is 40.8 Å². The topological polar surface area (TPSA) is 77.8 Å². The normalized spacial score (nSPS) is 11.1. The standard InChI is InChI=1S/C28H57.Nd.H3O4P/c1-3-5-7-9-11-13-15-17-19-21-23-25-27-28-26-24-22-20-18-16-14-12-10-8-6-4-2;;1-5(2,3)4/h1,3-28H2,2H3;;(H3,1,2,3,4)/q-1;;. The molecule has 0 unspecified atom stereocenters. The molecule has 0 saturated heterocycles. The van der Waals surface area contributed by atoms with Gasteiger partial charge in [0.1, 0.15) is 0 Å². The summed E-state index contributed by atoms with van der Waals surface area (Å²) in [6, 6.07) is 0. The Kier molecular flexibility index (Phi) is 40.5. The molecular formula is C28H60NdO4P-. The number of unbranched alkanes of at least 4 members (excludes halogenated alkanes) is 25. The van der Waals surface area contributed by atoms with Gasteiger partial charge in [-0.25, -0.2) is 4.57 Å². The number of phosphoric acid groups is 1. The monoisotopic (exact) mass is 633 g/mol. The molecule has 6 heteroatoms. The van der Waals surface area contributed by atoms with Crippen LogP contribution in [0.1, 0.15) is 174 Å². The van der Waals surface area contributed by atoms with E-state index in [4.69, 9.17) is 19.2 Å². The van der Waals surface area contributed by atoms with Crippen LogP contribution in [0.15, 0.2) is 0 Å². The van der Waals surface area contributed by atoms with Crippen molar-refractivity contribution in [3.05, 3.63) is 6.92 Å². The van der Waals surface area contributed by atoms with Crippen LogP contribution in [0.3, 0.4) is 0 Å². The fourth-order valence-corrected chi connectivity index (χ4v) is 4.32. The molecule has 0 aliphatic heterocycles. The molecule has 206 valence electrons. The molecule has 0 radical (unpaired) electrons. The largest absolute Gasteiger partial charge is 0.466 e. The maximum atomic E-state index is 8.88. The van der Waals surface area contributed by atoms with Crippen LogP contribution < -0.4 is 0 Å². The average Bonchev–Trinajstić information content (AvgIpc) is 2.75. The van der Waals surface area contributed by atoms with Crippen molar-refractivity contribution < 1.29 is 60.1 Å². The number of hydrogen-bond acceptors (Lipinski definition) is 1. The average molecular weight is 636 g/mol. The molecule has 34 heavy (non-hydrogen) atoms. The first-order chi connectivity index (χ1) is 15.9. The minimum Gasteiger partial charge on any atom is -0.343 e. The summed E-state index contributed by atoms with van der Waals surface area (Å²) in [4.78, 5) is 21.6. The summed E-state index contributed by atoms with van der Waals surface area (Å²) >= 11 is 0. The van der Waals surface area contributed by atoms with E-state index in [9.17, 15) is 0 Å². The van der Waals surface area contributed by atoms with Gasteiger partial charge in [0.25, 0.3) is 0 Å². The molecule has 0 atom stereocenters. The van der Waals surface area contributed by atoms with Crippen molar-refractivity contribution in [3.63, 3.8) is 0 Å². The molecule has 0 spiro atoms. The minimum absolute atomic E-state index is 0. The van der Waals surface area contributed by atoms with Gasteiger partial charge in [-0.05, 0) is 0 Å². The molecular weight excluding hydrogens is 576 g/mol. The van der Waals surface area contributed by atoms with E-state index in [1.165, 1.54) is 161 Å². The van der Waals surface area contributed by atoms with Crippen LogP contribution in [0.25, 0.3) is 0 Å². The summed E-state index contributed by atoms with van der Waals surface area (Å²) in [6.45, 7) is 6.22. The van der Waals surface area contributed by atoms with Gasteiger partial charge in [-0.1, -0.05) is 167 Å². The van der Waals surface area contributed by atoms with Crippen molar-refractivity contribution in [1.29, 1.82) is 0 Å². The molecule has 0 rings (SSSR count). The Morgan fingerprint density at radius 1 is 0.441 bits per heavy atom. The predicted molar refractivity (Wildman–Crippen MR) is 145 cm³/mol. The Balaban J connectivity index is -0.00000144.